The smallest absolute Gasteiger partial charge is 0.197 e. The molecule has 8 heteroatoms. The fraction of sp³-hybridized carbons (Fsp3) is 0.640. The van der Waals surface area contributed by atoms with Gasteiger partial charge < -0.3 is 4.42 Å². The summed E-state index contributed by atoms with van der Waals surface area (Å²) in [5.74, 6) is 3.01. The zero-order valence-electron chi connectivity index (χ0n) is 21.7. The second kappa shape index (κ2) is 13.9. The molecule has 0 aliphatic rings. The average molecular weight is 500 g/mol. The molecule has 33 heavy (non-hydrogen) atoms. The maximum atomic E-state index is 12.4. The second-order valence-corrected chi connectivity index (χ2v) is 11.1. The van der Waals surface area contributed by atoms with Crippen LogP contribution in [0, 0.1) is 20.8 Å². The zero-order chi connectivity index (χ0) is 25.3. The predicted octanol–water partition coefficient (Wildman–Crippen LogP) is 8.76. The van der Waals surface area contributed by atoms with Crippen LogP contribution in [-0.4, -0.2) is 15.0 Å². The number of rotatable bonds is 6. The Bertz CT molecular complexity index is 934. The molecule has 0 aliphatic heterocycles. The molecule has 0 spiro atoms. The first-order chi connectivity index (χ1) is 15.4. The van der Waals surface area contributed by atoms with Gasteiger partial charge in [0.15, 0.2) is 5.89 Å². The Kier molecular flexibility index (Phi) is 12.4. The molecule has 0 aromatic carbocycles. The lowest BCUT2D eigenvalue weighted by Gasteiger charge is -1.94. The van der Waals surface area contributed by atoms with Crippen molar-refractivity contribution >= 4 is 22.7 Å². The van der Waals surface area contributed by atoms with E-state index in [0.29, 0.717) is 29.1 Å². The summed E-state index contributed by atoms with van der Waals surface area (Å²) in [6.45, 7) is 19.5. The molecule has 0 N–H and O–H groups in total. The number of aromatic nitrogens is 3. The molecule has 0 saturated carbocycles. The molecule has 0 unspecified atom stereocenters. The van der Waals surface area contributed by atoms with Crippen molar-refractivity contribution in [1.29, 1.82) is 0 Å². The highest BCUT2D eigenvalue weighted by Gasteiger charge is 2.11. The first kappa shape index (κ1) is 29.4. The molecule has 0 radical (unpaired) electrons. The first-order valence-electron chi connectivity index (χ1n) is 11.4. The molecule has 4 nitrogen and oxygen atoms in total. The minimum atomic E-state index is -0.435. The number of nitrogens with zero attached hydrogens (tertiary/aromatic N) is 3. The molecule has 3 heterocycles. The van der Waals surface area contributed by atoms with Gasteiger partial charge in [-0.15, -0.1) is 22.7 Å². The molecule has 3 aromatic rings. The zero-order valence-corrected chi connectivity index (χ0v) is 23.3. The third-order valence-electron chi connectivity index (χ3n) is 4.81. The van der Waals surface area contributed by atoms with E-state index in [2.05, 4.69) is 56.5 Å². The molecule has 0 fully saturated rings. The van der Waals surface area contributed by atoms with E-state index in [1.165, 1.54) is 0 Å². The van der Waals surface area contributed by atoms with E-state index in [1.807, 2.05) is 27.7 Å². The van der Waals surface area contributed by atoms with Gasteiger partial charge in [-0.25, -0.2) is 23.7 Å². The Hall–Kier alpha value is -1.67. The Labute approximate surface area is 205 Å². The van der Waals surface area contributed by atoms with Crippen LogP contribution >= 0.6 is 22.7 Å². The fourth-order valence-electron chi connectivity index (χ4n) is 2.60. The molecular formula is C25H39F2N3OS2. The molecule has 0 atom stereocenters. The topological polar surface area (TPSA) is 51.8 Å². The van der Waals surface area contributed by atoms with E-state index in [4.69, 9.17) is 4.42 Å². The molecule has 186 valence electrons. The van der Waals surface area contributed by atoms with Gasteiger partial charge in [0.1, 0.15) is 19.1 Å². The molecule has 0 aliphatic carbocycles. The lowest BCUT2D eigenvalue weighted by Crippen LogP contribution is -1.87. The van der Waals surface area contributed by atoms with Crippen LogP contribution in [0.1, 0.15) is 115 Å². The van der Waals surface area contributed by atoms with E-state index in [1.54, 1.807) is 22.7 Å². The highest BCUT2D eigenvalue weighted by molar-refractivity contribution is 7.12. The largest absolute Gasteiger partial charge is 0.445 e. The number of hydrogen-bond acceptors (Lipinski definition) is 6. The average Bonchev–Trinajstić information content (AvgIpc) is 3.45. The molecule has 3 aromatic heterocycles. The summed E-state index contributed by atoms with van der Waals surface area (Å²) >= 11 is 3.24. The SMILES string of the molecule is CCc1sc(C(C)C)nc1CF.Cc1nc(C(C)C)oc1C.Cc1sc(C(C)C)nc1CF. The fourth-order valence-corrected chi connectivity index (χ4v) is 4.53. The van der Waals surface area contributed by atoms with Crippen LogP contribution in [0.3, 0.4) is 0 Å². The maximum Gasteiger partial charge on any atom is 0.197 e. The van der Waals surface area contributed by atoms with Crippen molar-refractivity contribution in [3.63, 3.8) is 0 Å². The summed E-state index contributed by atoms with van der Waals surface area (Å²) in [6.07, 6.45) is 0.892. The molecule has 3 rings (SSSR count). The van der Waals surface area contributed by atoms with Crippen molar-refractivity contribution in [2.45, 2.75) is 107 Å². The normalized spacial score (nSPS) is 11.0. The van der Waals surface area contributed by atoms with Crippen molar-refractivity contribution in [2.75, 3.05) is 0 Å². The van der Waals surface area contributed by atoms with Crippen LogP contribution in [0.15, 0.2) is 4.42 Å². The molecule has 0 bridgehead atoms. The second-order valence-electron chi connectivity index (χ2n) is 8.76. The lowest BCUT2D eigenvalue weighted by atomic mass is 10.2. The van der Waals surface area contributed by atoms with E-state index in [0.717, 1.165) is 43.5 Å². The van der Waals surface area contributed by atoms with Crippen molar-refractivity contribution in [3.05, 3.63) is 48.5 Å². The summed E-state index contributed by atoms with van der Waals surface area (Å²) in [5, 5.41) is 2.09. The number of thiazole rings is 2. The summed E-state index contributed by atoms with van der Waals surface area (Å²) in [4.78, 5) is 14.8. The van der Waals surface area contributed by atoms with Crippen molar-refractivity contribution in [2.24, 2.45) is 0 Å². The van der Waals surface area contributed by atoms with Gasteiger partial charge in [0, 0.05) is 27.5 Å². The minimum Gasteiger partial charge on any atom is -0.445 e. The summed E-state index contributed by atoms with van der Waals surface area (Å²) in [7, 11) is 0. The van der Waals surface area contributed by atoms with Crippen LogP contribution in [0.2, 0.25) is 0 Å². The maximum absolute atomic E-state index is 12.4. The highest BCUT2D eigenvalue weighted by atomic mass is 32.1. The number of oxazole rings is 1. The number of hydrogen-bond donors (Lipinski definition) is 0. The van der Waals surface area contributed by atoms with Gasteiger partial charge in [0.25, 0.3) is 0 Å². The third-order valence-corrected chi connectivity index (χ3v) is 7.66. The van der Waals surface area contributed by atoms with Crippen LogP contribution in [-0.2, 0) is 19.8 Å². The summed E-state index contributed by atoms with van der Waals surface area (Å²) in [5.41, 5.74) is 2.26. The number of halogens is 2. The van der Waals surface area contributed by atoms with Crippen LogP contribution in [0.4, 0.5) is 8.78 Å². The van der Waals surface area contributed by atoms with E-state index in [9.17, 15) is 8.78 Å². The highest BCUT2D eigenvalue weighted by Crippen LogP contribution is 2.26. The van der Waals surface area contributed by atoms with E-state index < -0.39 is 13.3 Å². The van der Waals surface area contributed by atoms with Crippen molar-refractivity contribution < 1.29 is 13.2 Å². The van der Waals surface area contributed by atoms with Gasteiger partial charge in [-0.1, -0.05) is 48.5 Å². The Morgan fingerprint density at radius 3 is 1.55 bits per heavy atom. The van der Waals surface area contributed by atoms with Gasteiger partial charge in [0.2, 0.25) is 0 Å². The van der Waals surface area contributed by atoms with Gasteiger partial charge in [0.05, 0.1) is 27.1 Å². The first-order valence-corrected chi connectivity index (χ1v) is 13.1. The van der Waals surface area contributed by atoms with Crippen LogP contribution in [0.25, 0.3) is 0 Å². The van der Waals surface area contributed by atoms with Crippen molar-refractivity contribution in [3.8, 4) is 0 Å². The standard InChI is InChI=1S/C9H14FNS.C8H12FNS.C8H13NO/c1-4-8-7(5-10)11-9(12-8)6(2)3;1-5(2)8-10-7(4-9)6(3)11-8;1-5(2)8-9-6(3)7(4)10-8/h6H,4-5H2,1-3H3;5H,4H2,1-3H3;5H,1-4H3. The van der Waals surface area contributed by atoms with E-state index in [-0.39, 0.29) is 0 Å². The summed E-state index contributed by atoms with van der Waals surface area (Å²) in [6, 6.07) is 0. The molecule has 0 saturated heterocycles. The number of alkyl halides is 2. The quantitative estimate of drug-likeness (QED) is 0.340. The van der Waals surface area contributed by atoms with Gasteiger partial charge in [-0.3, -0.25) is 0 Å². The van der Waals surface area contributed by atoms with Gasteiger partial charge >= 0.3 is 0 Å². The Morgan fingerprint density at radius 1 is 0.758 bits per heavy atom. The Balaban J connectivity index is 0.000000249. The predicted molar refractivity (Wildman–Crippen MR) is 136 cm³/mol. The van der Waals surface area contributed by atoms with Crippen LogP contribution in [0.5, 0.6) is 0 Å². The Morgan fingerprint density at radius 2 is 1.27 bits per heavy atom. The van der Waals surface area contributed by atoms with Crippen molar-refractivity contribution in [1.82, 2.24) is 15.0 Å². The minimum absolute atomic E-state index is 0.396. The third kappa shape index (κ3) is 8.89. The van der Waals surface area contributed by atoms with Gasteiger partial charge in [-0.05, 0) is 27.2 Å². The summed E-state index contributed by atoms with van der Waals surface area (Å²) < 4.78 is 30.0. The molecule has 0 amide bonds. The van der Waals surface area contributed by atoms with Crippen LogP contribution < -0.4 is 0 Å². The lowest BCUT2D eigenvalue weighted by molar-refractivity contribution is 0.450. The van der Waals surface area contributed by atoms with Gasteiger partial charge in [-0.2, -0.15) is 0 Å². The monoisotopic (exact) mass is 499 g/mol. The number of aryl methyl sites for hydroxylation is 4. The van der Waals surface area contributed by atoms with E-state index >= 15 is 0 Å². The molecular weight excluding hydrogens is 460 g/mol.